The van der Waals surface area contributed by atoms with E-state index in [9.17, 15) is 9.59 Å². The summed E-state index contributed by atoms with van der Waals surface area (Å²) in [6.07, 6.45) is 4.59. The van der Waals surface area contributed by atoms with Gasteiger partial charge < -0.3 is 14.2 Å². The normalized spacial score (nSPS) is 22.1. The minimum absolute atomic E-state index is 0.0299. The summed E-state index contributed by atoms with van der Waals surface area (Å²) < 4.78 is 16.7. The van der Waals surface area contributed by atoms with Crippen molar-refractivity contribution in [2.24, 2.45) is 0 Å². The van der Waals surface area contributed by atoms with Crippen LogP contribution in [0.1, 0.15) is 37.3 Å². The zero-order chi connectivity index (χ0) is 18.1. The van der Waals surface area contributed by atoms with Gasteiger partial charge in [0.2, 0.25) is 5.78 Å². The molecule has 2 aliphatic rings. The minimum atomic E-state index is -0.628. The summed E-state index contributed by atoms with van der Waals surface area (Å²) in [5.74, 6) is 0.273. The lowest BCUT2D eigenvalue weighted by atomic mass is 9.88. The van der Waals surface area contributed by atoms with Crippen molar-refractivity contribution in [2.45, 2.75) is 38.7 Å². The lowest BCUT2D eigenvalue weighted by Gasteiger charge is -2.20. The monoisotopic (exact) mass is 342 g/mol. The van der Waals surface area contributed by atoms with Crippen LogP contribution in [0.15, 0.2) is 35.6 Å². The van der Waals surface area contributed by atoms with E-state index >= 15 is 0 Å². The predicted octanol–water partition coefficient (Wildman–Crippen LogP) is 3.12. The summed E-state index contributed by atoms with van der Waals surface area (Å²) in [5, 5.41) is 0. The SMILES string of the molecule is CCCc1cc(OC)c2c(c1)[C@@H](C)[C@H](C1=CC(=O)C(=O)C(OC)=C1)O2. The Kier molecular flexibility index (Phi) is 4.66. The summed E-state index contributed by atoms with van der Waals surface area (Å²) in [7, 11) is 3.01. The molecule has 1 aromatic carbocycles. The molecule has 0 bridgehead atoms. The number of methoxy groups -OCH3 is 2. The van der Waals surface area contributed by atoms with E-state index in [2.05, 4.69) is 13.0 Å². The Balaban J connectivity index is 1.99. The van der Waals surface area contributed by atoms with Crippen LogP contribution < -0.4 is 9.47 Å². The highest BCUT2D eigenvalue weighted by Gasteiger charge is 2.38. The second-order valence-electron chi connectivity index (χ2n) is 6.34. The average molecular weight is 342 g/mol. The van der Waals surface area contributed by atoms with Gasteiger partial charge in [-0.05, 0) is 30.2 Å². The Labute approximate surface area is 147 Å². The molecule has 1 heterocycles. The van der Waals surface area contributed by atoms with Crippen LogP contribution in [0.5, 0.6) is 11.5 Å². The number of Topliss-reactive ketones (excluding diaryl/α,β-unsaturated/α-hetero) is 1. The van der Waals surface area contributed by atoms with Gasteiger partial charge in [0.05, 0.1) is 14.2 Å². The number of aryl methyl sites for hydroxylation is 1. The van der Waals surface area contributed by atoms with Crippen molar-refractivity contribution in [2.75, 3.05) is 14.2 Å². The first-order chi connectivity index (χ1) is 12.0. The van der Waals surface area contributed by atoms with Crippen molar-refractivity contribution in [1.82, 2.24) is 0 Å². The molecule has 0 fully saturated rings. The first-order valence-electron chi connectivity index (χ1n) is 8.43. The second kappa shape index (κ2) is 6.75. The van der Waals surface area contributed by atoms with E-state index in [1.165, 1.54) is 18.7 Å². The first kappa shape index (κ1) is 17.3. The molecule has 2 atom stereocenters. The van der Waals surface area contributed by atoms with Crippen LogP contribution in [0, 0.1) is 0 Å². The molecule has 0 N–H and O–H groups in total. The topological polar surface area (TPSA) is 61.8 Å². The number of hydrogen-bond acceptors (Lipinski definition) is 5. The van der Waals surface area contributed by atoms with E-state index in [-0.39, 0.29) is 17.8 Å². The third-order valence-electron chi connectivity index (χ3n) is 4.68. The molecule has 0 saturated heterocycles. The molecule has 0 spiro atoms. The Morgan fingerprint density at radius 1 is 1.12 bits per heavy atom. The molecule has 5 heteroatoms. The van der Waals surface area contributed by atoms with Crippen molar-refractivity contribution in [3.8, 4) is 11.5 Å². The Hall–Kier alpha value is -2.56. The molecule has 132 valence electrons. The maximum Gasteiger partial charge on any atom is 0.267 e. The van der Waals surface area contributed by atoms with Crippen LogP contribution >= 0.6 is 0 Å². The highest BCUT2D eigenvalue weighted by atomic mass is 16.5. The summed E-state index contributed by atoms with van der Waals surface area (Å²) in [6.45, 7) is 4.18. The molecule has 0 amide bonds. The number of fused-ring (bicyclic) bond motifs is 1. The van der Waals surface area contributed by atoms with Crippen LogP contribution in [-0.4, -0.2) is 31.9 Å². The fourth-order valence-corrected chi connectivity index (χ4v) is 3.39. The van der Waals surface area contributed by atoms with E-state index in [1.54, 1.807) is 13.2 Å². The van der Waals surface area contributed by atoms with E-state index in [4.69, 9.17) is 14.2 Å². The smallest absolute Gasteiger partial charge is 0.267 e. The summed E-state index contributed by atoms with van der Waals surface area (Å²) in [5.41, 5.74) is 2.90. The van der Waals surface area contributed by atoms with Crippen LogP contribution in [0.4, 0.5) is 0 Å². The van der Waals surface area contributed by atoms with Gasteiger partial charge in [-0.15, -0.1) is 0 Å². The number of carbonyl (C=O) groups excluding carboxylic acids is 2. The largest absolute Gasteiger partial charge is 0.493 e. The average Bonchev–Trinajstić information content (AvgIpc) is 2.94. The summed E-state index contributed by atoms with van der Waals surface area (Å²) in [4.78, 5) is 23.7. The van der Waals surface area contributed by atoms with Gasteiger partial charge in [0.25, 0.3) is 5.78 Å². The van der Waals surface area contributed by atoms with Gasteiger partial charge in [0, 0.05) is 17.1 Å². The molecule has 0 unspecified atom stereocenters. The number of hydrogen-bond donors (Lipinski definition) is 0. The maximum absolute atomic E-state index is 11.9. The van der Waals surface area contributed by atoms with Crippen molar-refractivity contribution in [1.29, 1.82) is 0 Å². The van der Waals surface area contributed by atoms with Crippen LogP contribution in [-0.2, 0) is 20.7 Å². The number of benzene rings is 1. The van der Waals surface area contributed by atoms with Crippen molar-refractivity contribution >= 4 is 11.6 Å². The number of ether oxygens (including phenoxy) is 3. The standard InChI is InChI=1S/C20H22O5/c1-5-6-12-7-14-11(2)19(25-20(14)17(8-12)24-4)13-9-15(21)18(22)16(10-13)23-3/h7-11,19H,5-6H2,1-4H3/t11-,19-/m1/s1. The van der Waals surface area contributed by atoms with Crippen LogP contribution in [0.3, 0.4) is 0 Å². The van der Waals surface area contributed by atoms with Gasteiger partial charge in [0.15, 0.2) is 17.3 Å². The number of carbonyl (C=O) groups is 2. The Morgan fingerprint density at radius 3 is 2.52 bits per heavy atom. The van der Waals surface area contributed by atoms with Crippen molar-refractivity contribution in [3.63, 3.8) is 0 Å². The summed E-state index contributed by atoms with van der Waals surface area (Å²) in [6, 6.07) is 4.14. The minimum Gasteiger partial charge on any atom is -0.493 e. The van der Waals surface area contributed by atoms with Gasteiger partial charge in [0.1, 0.15) is 6.10 Å². The number of ketones is 2. The zero-order valence-corrected chi connectivity index (χ0v) is 14.9. The van der Waals surface area contributed by atoms with Gasteiger partial charge in [-0.3, -0.25) is 9.59 Å². The predicted molar refractivity (Wildman–Crippen MR) is 93.0 cm³/mol. The van der Waals surface area contributed by atoms with Gasteiger partial charge >= 0.3 is 0 Å². The molecule has 3 rings (SSSR count). The highest BCUT2D eigenvalue weighted by Crippen LogP contribution is 2.47. The fourth-order valence-electron chi connectivity index (χ4n) is 3.39. The van der Waals surface area contributed by atoms with Crippen molar-refractivity contribution < 1.29 is 23.8 Å². The first-order valence-corrected chi connectivity index (χ1v) is 8.43. The lowest BCUT2D eigenvalue weighted by molar-refractivity contribution is -0.133. The van der Waals surface area contributed by atoms with E-state index in [0.717, 1.165) is 18.4 Å². The van der Waals surface area contributed by atoms with Crippen LogP contribution in [0.25, 0.3) is 0 Å². The molecule has 5 nitrogen and oxygen atoms in total. The quantitative estimate of drug-likeness (QED) is 0.608. The molecule has 1 aliphatic heterocycles. The lowest BCUT2D eigenvalue weighted by Crippen LogP contribution is -2.26. The molecule has 0 saturated carbocycles. The second-order valence-corrected chi connectivity index (χ2v) is 6.34. The fraction of sp³-hybridized carbons (Fsp3) is 0.400. The number of allylic oxidation sites excluding steroid dienone is 2. The zero-order valence-electron chi connectivity index (χ0n) is 14.9. The van der Waals surface area contributed by atoms with Gasteiger partial charge in [-0.2, -0.15) is 0 Å². The summed E-state index contributed by atoms with van der Waals surface area (Å²) >= 11 is 0. The molecule has 1 aromatic rings. The molecular formula is C20H22O5. The molecule has 25 heavy (non-hydrogen) atoms. The third kappa shape index (κ3) is 2.95. The van der Waals surface area contributed by atoms with E-state index < -0.39 is 11.6 Å². The highest BCUT2D eigenvalue weighted by molar-refractivity contribution is 6.47. The molecule has 0 aromatic heterocycles. The molecule has 1 aliphatic carbocycles. The molecular weight excluding hydrogens is 320 g/mol. The third-order valence-corrected chi connectivity index (χ3v) is 4.68. The van der Waals surface area contributed by atoms with Gasteiger partial charge in [-0.25, -0.2) is 0 Å². The van der Waals surface area contributed by atoms with Crippen molar-refractivity contribution in [3.05, 3.63) is 46.7 Å². The maximum atomic E-state index is 11.9. The van der Waals surface area contributed by atoms with Gasteiger partial charge in [-0.1, -0.05) is 26.3 Å². The molecule has 0 radical (unpaired) electrons. The van der Waals surface area contributed by atoms with Crippen LogP contribution in [0.2, 0.25) is 0 Å². The van der Waals surface area contributed by atoms with E-state index in [1.807, 2.05) is 13.0 Å². The van der Waals surface area contributed by atoms with E-state index in [0.29, 0.717) is 17.1 Å². The number of rotatable bonds is 5. The Bertz CT molecular complexity index is 788. The Morgan fingerprint density at radius 2 is 1.88 bits per heavy atom.